The van der Waals surface area contributed by atoms with E-state index in [2.05, 4.69) is 0 Å². The Bertz CT molecular complexity index is 383. The Morgan fingerprint density at radius 3 is 3.12 bits per heavy atom. The molecule has 1 aliphatic rings. The van der Waals surface area contributed by atoms with Crippen LogP contribution in [0.3, 0.4) is 0 Å². The first-order valence-corrected chi connectivity index (χ1v) is 5.81. The van der Waals surface area contributed by atoms with Gasteiger partial charge in [0.15, 0.2) is 0 Å². The zero-order valence-electron chi connectivity index (χ0n) is 9.85. The lowest BCUT2D eigenvalue weighted by Crippen LogP contribution is -2.18. The van der Waals surface area contributed by atoms with Crippen molar-refractivity contribution < 1.29 is 19.0 Å². The van der Waals surface area contributed by atoms with Crippen LogP contribution in [0.15, 0.2) is 24.3 Å². The lowest BCUT2D eigenvalue weighted by Gasteiger charge is -2.10. The molecule has 17 heavy (non-hydrogen) atoms. The highest BCUT2D eigenvalue weighted by Gasteiger charge is 2.20. The van der Waals surface area contributed by atoms with Gasteiger partial charge in [0.25, 0.3) is 0 Å². The van der Waals surface area contributed by atoms with E-state index in [0.29, 0.717) is 31.1 Å². The fraction of sp³-hybridized carbons (Fsp3) is 0.462. The monoisotopic (exact) mass is 236 g/mol. The average Bonchev–Trinajstić information content (AvgIpc) is 2.83. The highest BCUT2D eigenvalue weighted by Crippen LogP contribution is 2.16. The molecule has 1 aliphatic heterocycles. The van der Waals surface area contributed by atoms with Crippen LogP contribution in [-0.2, 0) is 9.47 Å². The quantitative estimate of drug-likeness (QED) is 0.750. The summed E-state index contributed by atoms with van der Waals surface area (Å²) in [6.45, 7) is 3.64. The van der Waals surface area contributed by atoms with Gasteiger partial charge < -0.3 is 14.2 Å². The summed E-state index contributed by atoms with van der Waals surface area (Å²) in [5.74, 6) is 0.367. The predicted octanol–water partition coefficient (Wildman–Crippen LogP) is 2.03. The second-order valence-electron chi connectivity index (χ2n) is 3.85. The topological polar surface area (TPSA) is 44.8 Å². The summed E-state index contributed by atoms with van der Waals surface area (Å²) in [5, 5.41) is 0. The van der Waals surface area contributed by atoms with Gasteiger partial charge in [-0.1, -0.05) is 6.07 Å². The van der Waals surface area contributed by atoms with Crippen molar-refractivity contribution in [1.29, 1.82) is 0 Å². The molecule has 92 valence electrons. The summed E-state index contributed by atoms with van der Waals surface area (Å²) >= 11 is 0. The number of esters is 1. The van der Waals surface area contributed by atoms with Crippen LogP contribution >= 0.6 is 0 Å². The summed E-state index contributed by atoms with van der Waals surface area (Å²) in [7, 11) is 0. The molecule has 0 radical (unpaired) electrons. The first kappa shape index (κ1) is 11.9. The molecule has 1 heterocycles. The Hall–Kier alpha value is -1.55. The van der Waals surface area contributed by atoms with Crippen LogP contribution in [0.4, 0.5) is 0 Å². The van der Waals surface area contributed by atoms with E-state index in [9.17, 15) is 4.79 Å². The van der Waals surface area contributed by atoms with Gasteiger partial charge in [0.2, 0.25) is 0 Å². The Morgan fingerprint density at radius 1 is 1.53 bits per heavy atom. The van der Waals surface area contributed by atoms with Gasteiger partial charge >= 0.3 is 5.97 Å². The fourth-order valence-electron chi connectivity index (χ4n) is 1.70. The van der Waals surface area contributed by atoms with Gasteiger partial charge in [-0.25, -0.2) is 4.79 Å². The molecule has 0 unspecified atom stereocenters. The van der Waals surface area contributed by atoms with Crippen LogP contribution in [0.1, 0.15) is 23.7 Å². The molecular weight excluding hydrogens is 220 g/mol. The molecule has 0 bridgehead atoms. The maximum absolute atomic E-state index is 11.8. The van der Waals surface area contributed by atoms with Crippen LogP contribution in [-0.4, -0.2) is 31.9 Å². The average molecular weight is 236 g/mol. The van der Waals surface area contributed by atoms with E-state index in [4.69, 9.17) is 14.2 Å². The number of ether oxygens (including phenoxy) is 3. The minimum Gasteiger partial charge on any atom is -0.494 e. The molecule has 1 fully saturated rings. The molecule has 2 rings (SSSR count). The van der Waals surface area contributed by atoms with Crippen LogP contribution in [0.5, 0.6) is 5.75 Å². The second kappa shape index (κ2) is 5.68. The minimum absolute atomic E-state index is 0.113. The molecule has 4 nitrogen and oxygen atoms in total. The molecule has 1 aromatic rings. The number of carbonyl (C=O) groups is 1. The largest absolute Gasteiger partial charge is 0.494 e. The van der Waals surface area contributed by atoms with Crippen LogP contribution in [0, 0.1) is 0 Å². The summed E-state index contributed by atoms with van der Waals surface area (Å²) < 4.78 is 15.8. The lowest BCUT2D eigenvalue weighted by atomic mass is 10.2. The molecule has 1 aromatic carbocycles. The van der Waals surface area contributed by atoms with Crippen molar-refractivity contribution in [2.24, 2.45) is 0 Å². The molecular formula is C13H16O4. The molecule has 0 N–H and O–H groups in total. The highest BCUT2D eigenvalue weighted by atomic mass is 16.6. The van der Waals surface area contributed by atoms with Gasteiger partial charge in [-0.15, -0.1) is 0 Å². The standard InChI is InChI=1S/C13H16O4/c1-2-16-11-5-3-4-10(8-11)13(14)17-12-6-7-15-9-12/h3-5,8,12H,2,6-7,9H2,1H3/t12-/m0/s1. The summed E-state index contributed by atoms with van der Waals surface area (Å²) in [4.78, 5) is 11.8. The highest BCUT2D eigenvalue weighted by molar-refractivity contribution is 5.90. The van der Waals surface area contributed by atoms with Crippen molar-refractivity contribution in [3.63, 3.8) is 0 Å². The van der Waals surface area contributed by atoms with Crippen molar-refractivity contribution in [3.8, 4) is 5.75 Å². The number of carbonyl (C=O) groups excluding carboxylic acids is 1. The van der Waals surface area contributed by atoms with Crippen molar-refractivity contribution in [2.45, 2.75) is 19.4 Å². The van der Waals surface area contributed by atoms with Crippen molar-refractivity contribution in [1.82, 2.24) is 0 Å². The van der Waals surface area contributed by atoms with Gasteiger partial charge in [0.05, 0.1) is 25.4 Å². The van der Waals surface area contributed by atoms with Gasteiger partial charge in [-0.3, -0.25) is 0 Å². The van der Waals surface area contributed by atoms with Gasteiger partial charge in [-0.2, -0.15) is 0 Å². The Labute approximate surface area is 100 Å². The second-order valence-corrected chi connectivity index (χ2v) is 3.85. The smallest absolute Gasteiger partial charge is 0.338 e. The molecule has 0 amide bonds. The maximum Gasteiger partial charge on any atom is 0.338 e. The van der Waals surface area contributed by atoms with Crippen molar-refractivity contribution in [2.75, 3.05) is 19.8 Å². The number of rotatable bonds is 4. The van der Waals surface area contributed by atoms with Crippen LogP contribution in [0.2, 0.25) is 0 Å². The normalized spacial score (nSPS) is 19.0. The third-order valence-corrected chi connectivity index (χ3v) is 2.54. The Balaban J connectivity index is 1.99. The van der Waals surface area contributed by atoms with Crippen molar-refractivity contribution in [3.05, 3.63) is 29.8 Å². The predicted molar refractivity (Wildman–Crippen MR) is 62.3 cm³/mol. The Kier molecular flexibility index (Phi) is 3.98. The number of hydrogen-bond acceptors (Lipinski definition) is 4. The maximum atomic E-state index is 11.8. The van der Waals surface area contributed by atoms with E-state index in [0.717, 1.165) is 6.42 Å². The molecule has 0 aromatic heterocycles. The van der Waals surface area contributed by atoms with Crippen LogP contribution < -0.4 is 4.74 Å². The molecule has 1 saturated heterocycles. The molecule has 0 aliphatic carbocycles. The van der Waals surface area contributed by atoms with Gasteiger partial charge in [0.1, 0.15) is 11.9 Å². The molecule has 1 atom stereocenters. The molecule has 0 spiro atoms. The van der Waals surface area contributed by atoms with Crippen molar-refractivity contribution >= 4 is 5.97 Å². The molecule has 0 saturated carbocycles. The SMILES string of the molecule is CCOc1cccc(C(=O)O[C@H]2CCOC2)c1. The van der Waals surface area contributed by atoms with E-state index in [1.807, 2.05) is 13.0 Å². The number of hydrogen-bond donors (Lipinski definition) is 0. The van der Waals surface area contributed by atoms with Crippen LogP contribution in [0.25, 0.3) is 0 Å². The minimum atomic E-state index is -0.318. The lowest BCUT2D eigenvalue weighted by molar-refractivity contribution is 0.0270. The number of benzene rings is 1. The molecule has 4 heteroatoms. The summed E-state index contributed by atoms with van der Waals surface area (Å²) in [6, 6.07) is 7.02. The zero-order valence-corrected chi connectivity index (χ0v) is 9.85. The summed E-state index contributed by atoms with van der Waals surface area (Å²) in [6.07, 6.45) is 0.662. The van der Waals surface area contributed by atoms with E-state index in [1.165, 1.54) is 0 Å². The van der Waals surface area contributed by atoms with E-state index < -0.39 is 0 Å². The first-order valence-electron chi connectivity index (χ1n) is 5.81. The van der Waals surface area contributed by atoms with Gasteiger partial charge in [0, 0.05) is 6.42 Å². The zero-order chi connectivity index (χ0) is 12.1. The Morgan fingerprint density at radius 2 is 2.41 bits per heavy atom. The van der Waals surface area contributed by atoms with E-state index >= 15 is 0 Å². The first-order chi connectivity index (χ1) is 8.29. The third kappa shape index (κ3) is 3.20. The summed E-state index contributed by atoms with van der Waals surface area (Å²) in [5.41, 5.74) is 0.517. The van der Waals surface area contributed by atoms with E-state index in [-0.39, 0.29) is 12.1 Å². The van der Waals surface area contributed by atoms with E-state index in [1.54, 1.807) is 18.2 Å². The fourth-order valence-corrected chi connectivity index (χ4v) is 1.70. The third-order valence-electron chi connectivity index (χ3n) is 2.54. The van der Waals surface area contributed by atoms with Gasteiger partial charge in [-0.05, 0) is 25.1 Å².